The van der Waals surface area contributed by atoms with Crippen molar-refractivity contribution in [2.75, 3.05) is 0 Å². The van der Waals surface area contributed by atoms with Crippen LogP contribution in [-0.2, 0) is 18.5 Å². The predicted molar refractivity (Wildman–Crippen MR) is 60.1 cm³/mol. The van der Waals surface area contributed by atoms with Gasteiger partial charge in [0.25, 0.3) is 5.56 Å². The molecule has 0 aromatic carbocycles. The minimum atomic E-state index is -0.169. The molecule has 2 rings (SSSR count). The summed E-state index contributed by atoms with van der Waals surface area (Å²) in [4.78, 5) is 12.1. The number of rotatable bonds is 0. The van der Waals surface area contributed by atoms with E-state index in [0.717, 1.165) is 24.2 Å². The highest BCUT2D eigenvalue weighted by Crippen LogP contribution is 2.15. The summed E-state index contributed by atoms with van der Waals surface area (Å²) < 4.78 is 1.73. The van der Waals surface area contributed by atoms with Crippen LogP contribution in [0.3, 0.4) is 0 Å². The third kappa shape index (κ3) is 1.74. The van der Waals surface area contributed by atoms with E-state index in [-0.39, 0.29) is 11.1 Å². The van der Waals surface area contributed by atoms with Gasteiger partial charge in [-0.2, -0.15) is 0 Å². The lowest BCUT2D eigenvalue weighted by Crippen LogP contribution is -2.36. The van der Waals surface area contributed by atoms with Crippen LogP contribution in [0.15, 0.2) is 4.79 Å². The summed E-state index contributed by atoms with van der Waals surface area (Å²) in [6.45, 7) is 8.99. The number of aromatic amines is 1. The Hall–Kier alpha value is -1.03. The van der Waals surface area contributed by atoms with Gasteiger partial charge in [-0.1, -0.05) is 0 Å². The monoisotopic (exact) mass is 209 g/mol. The highest BCUT2D eigenvalue weighted by molar-refractivity contribution is 5.21. The minimum Gasteiger partial charge on any atom is -0.308 e. The average molecular weight is 209 g/mol. The summed E-state index contributed by atoms with van der Waals surface area (Å²) in [6, 6.07) is 0.398. The largest absolute Gasteiger partial charge is 0.308 e. The molecule has 0 aliphatic carbocycles. The van der Waals surface area contributed by atoms with Gasteiger partial charge in [0.2, 0.25) is 0 Å². The second-order valence-electron chi connectivity index (χ2n) is 5.37. The number of hydrogen-bond donors (Lipinski definition) is 2. The van der Waals surface area contributed by atoms with Gasteiger partial charge in [0.1, 0.15) is 0 Å². The lowest BCUT2D eigenvalue weighted by atomic mass is 10.0. The first kappa shape index (κ1) is 10.5. The van der Waals surface area contributed by atoms with Crippen molar-refractivity contribution in [1.29, 1.82) is 0 Å². The molecule has 15 heavy (non-hydrogen) atoms. The quantitative estimate of drug-likeness (QED) is 0.669. The van der Waals surface area contributed by atoms with Crippen LogP contribution >= 0.6 is 0 Å². The van der Waals surface area contributed by atoms with Gasteiger partial charge in [0, 0.05) is 18.2 Å². The predicted octanol–water partition coefficient (Wildman–Crippen LogP) is 0.966. The maximum absolute atomic E-state index is 12.1. The van der Waals surface area contributed by atoms with E-state index in [4.69, 9.17) is 0 Å². The van der Waals surface area contributed by atoms with E-state index in [9.17, 15) is 4.79 Å². The first-order valence-corrected chi connectivity index (χ1v) is 5.46. The molecule has 1 aromatic rings. The maximum atomic E-state index is 12.1. The number of nitrogens with one attached hydrogen (secondary N) is 2. The fourth-order valence-electron chi connectivity index (χ4n) is 2.00. The third-order valence-electron chi connectivity index (χ3n) is 2.88. The summed E-state index contributed by atoms with van der Waals surface area (Å²) >= 11 is 0. The lowest BCUT2D eigenvalue weighted by molar-refractivity contribution is 0.343. The van der Waals surface area contributed by atoms with Crippen molar-refractivity contribution < 1.29 is 0 Å². The van der Waals surface area contributed by atoms with Crippen LogP contribution in [-0.4, -0.2) is 15.8 Å². The average Bonchev–Trinajstić information content (AvgIpc) is 2.43. The minimum absolute atomic E-state index is 0.144. The van der Waals surface area contributed by atoms with Crippen molar-refractivity contribution in [3.8, 4) is 0 Å². The molecule has 4 heteroatoms. The van der Waals surface area contributed by atoms with Crippen LogP contribution in [0.4, 0.5) is 0 Å². The molecule has 1 aromatic heterocycles. The standard InChI is InChI=1S/C11H19N3O/c1-7-5-8-9(6-12-7)13-14(10(8)15)11(2,3)4/h7,12-13H,5-6H2,1-4H3. The van der Waals surface area contributed by atoms with Gasteiger partial charge in [0.05, 0.1) is 11.2 Å². The molecular formula is C11H19N3O. The molecule has 2 heterocycles. The number of aromatic nitrogens is 2. The number of nitrogens with zero attached hydrogens (tertiary/aromatic N) is 1. The van der Waals surface area contributed by atoms with Crippen LogP contribution in [0.5, 0.6) is 0 Å². The zero-order chi connectivity index (χ0) is 11.2. The number of hydrogen-bond acceptors (Lipinski definition) is 2. The Balaban J connectivity index is 2.51. The molecule has 0 amide bonds. The fourth-order valence-corrected chi connectivity index (χ4v) is 2.00. The van der Waals surface area contributed by atoms with Gasteiger partial charge in [-0.3, -0.25) is 9.89 Å². The van der Waals surface area contributed by atoms with Crippen molar-refractivity contribution >= 4 is 0 Å². The van der Waals surface area contributed by atoms with E-state index in [0.29, 0.717) is 6.04 Å². The Morgan fingerprint density at radius 1 is 1.40 bits per heavy atom. The number of H-pyrrole nitrogens is 1. The van der Waals surface area contributed by atoms with Crippen molar-refractivity contribution in [3.63, 3.8) is 0 Å². The summed E-state index contributed by atoms with van der Waals surface area (Å²) in [5.74, 6) is 0. The van der Waals surface area contributed by atoms with E-state index in [1.807, 2.05) is 20.8 Å². The van der Waals surface area contributed by atoms with Crippen LogP contribution in [0, 0.1) is 0 Å². The van der Waals surface area contributed by atoms with Crippen LogP contribution in [0.25, 0.3) is 0 Å². The lowest BCUT2D eigenvalue weighted by Gasteiger charge is -2.19. The third-order valence-corrected chi connectivity index (χ3v) is 2.88. The summed E-state index contributed by atoms with van der Waals surface area (Å²) in [6.07, 6.45) is 0.827. The van der Waals surface area contributed by atoms with Gasteiger partial charge < -0.3 is 5.32 Å². The Morgan fingerprint density at radius 2 is 2.07 bits per heavy atom. The van der Waals surface area contributed by atoms with Crippen molar-refractivity contribution in [2.45, 2.75) is 52.2 Å². The van der Waals surface area contributed by atoms with Crippen LogP contribution in [0.1, 0.15) is 39.0 Å². The highest BCUT2D eigenvalue weighted by atomic mass is 16.1. The SMILES string of the molecule is CC1Cc2c([nH]n(C(C)(C)C)c2=O)CN1. The molecule has 1 atom stereocenters. The number of fused-ring (bicyclic) bond motifs is 1. The molecule has 84 valence electrons. The maximum Gasteiger partial charge on any atom is 0.270 e. The zero-order valence-corrected chi connectivity index (χ0v) is 9.85. The summed E-state index contributed by atoms with van der Waals surface area (Å²) in [5.41, 5.74) is 1.98. The van der Waals surface area contributed by atoms with Gasteiger partial charge in [-0.25, -0.2) is 4.68 Å². The van der Waals surface area contributed by atoms with Crippen molar-refractivity contribution in [1.82, 2.24) is 15.1 Å². The highest BCUT2D eigenvalue weighted by Gasteiger charge is 2.25. The van der Waals surface area contributed by atoms with Crippen molar-refractivity contribution in [3.05, 3.63) is 21.6 Å². The molecule has 2 N–H and O–H groups in total. The van der Waals surface area contributed by atoms with Crippen LogP contribution in [0.2, 0.25) is 0 Å². The molecule has 1 aliphatic heterocycles. The second kappa shape index (κ2) is 3.23. The molecule has 0 spiro atoms. The second-order valence-corrected chi connectivity index (χ2v) is 5.37. The normalized spacial score (nSPS) is 21.5. The Labute approximate surface area is 89.7 Å². The molecular weight excluding hydrogens is 190 g/mol. The molecule has 0 radical (unpaired) electrons. The Bertz CT molecular complexity index is 422. The topological polar surface area (TPSA) is 49.8 Å². The fraction of sp³-hybridized carbons (Fsp3) is 0.727. The molecule has 0 saturated carbocycles. The Kier molecular flexibility index (Phi) is 2.26. The molecule has 1 aliphatic rings. The first-order valence-electron chi connectivity index (χ1n) is 5.46. The first-order chi connectivity index (χ1) is 6.89. The van der Waals surface area contributed by atoms with Gasteiger partial charge in [-0.05, 0) is 34.1 Å². The molecule has 0 fully saturated rings. The Morgan fingerprint density at radius 3 is 2.67 bits per heavy atom. The van der Waals surface area contributed by atoms with Gasteiger partial charge in [0.15, 0.2) is 0 Å². The summed E-state index contributed by atoms with van der Waals surface area (Å²) in [5, 5.41) is 6.55. The molecule has 0 bridgehead atoms. The van der Waals surface area contributed by atoms with E-state index in [1.165, 1.54) is 0 Å². The van der Waals surface area contributed by atoms with E-state index in [2.05, 4.69) is 17.3 Å². The van der Waals surface area contributed by atoms with E-state index in [1.54, 1.807) is 4.68 Å². The van der Waals surface area contributed by atoms with Crippen molar-refractivity contribution in [2.24, 2.45) is 0 Å². The molecule has 4 nitrogen and oxygen atoms in total. The molecule has 0 saturated heterocycles. The van der Waals surface area contributed by atoms with Gasteiger partial charge in [-0.15, -0.1) is 0 Å². The van der Waals surface area contributed by atoms with E-state index < -0.39 is 0 Å². The zero-order valence-electron chi connectivity index (χ0n) is 9.85. The van der Waals surface area contributed by atoms with Crippen LogP contribution < -0.4 is 10.9 Å². The van der Waals surface area contributed by atoms with Gasteiger partial charge >= 0.3 is 0 Å². The smallest absolute Gasteiger partial charge is 0.270 e. The molecule has 1 unspecified atom stereocenters. The summed E-state index contributed by atoms with van der Waals surface area (Å²) in [7, 11) is 0. The van der Waals surface area contributed by atoms with E-state index >= 15 is 0 Å².